The minimum atomic E-state index is -1.75. The summed E-state index contributed by atoms with van der Waals surface area (Å²) in [5.74, 6) is -6.04. The summed E-state index contributed by atoms with van der Waals surface area (Å²) in [5, 5.41) is 24.5. The van der Waals surface area contributed by atoms with Gasteiger partial charge in [-0.2, -0.15) is 0 Å². The maximum absolute atomic E-state index is 12.4. The Bertz CT molecular complexity index is 696. The van der Waals surface area contributed by atoms with E-state index >= 15 is 0 Å². The van der Waals surface area contributed by atoms with E-state index in [0.29, 0.717) is 6.42 Å². The predicted octanol–water partition coefficient (Wildman–Crippen LogP) is -2.34. The molecule has 13 nitrogen and oxygen atoms in total. The van der Waals surface area contributed by atoms with E-state index in [-0.39, 0.29) is 18.8 Å². The van der Waals surface area contributed by atoms with Crippen molar-refractivity contribution in [3.8, 4) is 0 Å². The van der Waals surface area contributed by atoms with E-state index in [0.717, 1.165) is 0 Å². The number of primary amides is 1. The molecule has 0 aliphatic carbocycles. The van der Waals surface area contributed by atoms with E-state index in [1.165, 1.54) is 6.92 Å². The molecule has 0 rings (SSSR count). The first-order chi connectivity index (χ1) is 14.2. The van der Waals surface area contributed by atoms with Gasteiger partial charge in [-0.3, -0.25) is 24.0 Å². The van der Waals surface area contributed by atoms with Gasteiger partial charge >= 0.3 is 11.9 Å². The van der Waals surface area contributed by atoms with E-state index < -0.39 is 66.2 Å². The average Bonchev–Trinajstić information content (AvgIpc) is 2.62. The van der Waals surface area contributed by atoms with Crippen molar-refractivity contribution < 1.29 is 39.0 Å². The van der Waals surface area contributed by atoms with E-state index in [9.17, 15) is 28.8 Å². The largest absolute Gasteiger partial charge is 0.481 e. The average molecular weight is 445 g/mol. The SMILES string of the molecule is CC(C)CC(N)C(=O)NC(C)C(=O)NC(CCC(N)=O)C(=O)NC(CC(=O)O)C(=O)O. The number of carboxylic acid groups (broad SMARTS) is 2. The minimum Gasteiger partial charge on any atom is -0.481 e. The fourth-order valence-electron chi connectivity index (χ4n) is 2.50. The standard InChI is InChI=1S/C18H31N5O8/c1-8(2)6-10(19)16(28)21-9(3)15(27)22-11(4-5-13(20)24)17(29)23-12(18(30)31)7-14(25)26/h8-12H,4-7,19H2,1-3H3,(H2,20,24)(H,21,28)(H,22,27)(H,23,29)(H,25,26)(H,30,31). The molecular weight excluding hydrogens is 414 g/mol. The van der Waals surface area contributed by atoms with Crippen LogP contribution in [0.3, 0.4) is 0 Å². The Morgan fingerprint density at radius 1 is 0.839 bits per heavy atom. The first kappa shape index (κ1) is 27.8. The van der Waals surface area contributed by atoms with Crippen LogP contribution < -0.4 is 27.4 Å². The number of carbonyl (C=O) groups excluding carboxylic acids is 4. The molecule has 4 atom stereocenters. The Morgan fingerprint density at radius 3 is 1.84 bits per heavy atom. The van der Waals surface area contributed by atoms with Crippen molar-refractivity contribution in [1.82, 2.24) is 16.0 Å². The number of hydrogen-bond acceptors (Lipinski definition) is 7. The molecular formula is C18H31N5O8. The summed E-state index contributed by atoms with van der Waals surface area (Å²) in [5.41, 5.74) is 10.8. The van der Waals surface area contributed by atoms with Crippen LogP contribution in [0.2, 0.25) is 0 Å². The van der Waals surface area contributed by atoms with Crippen LogP contribution in [0.5, 0.6) is 0 Å². The van der Waals surface area contributed by atoms with E-state index in [1.54, 1.807) is 0 Å². The zero-order chi connectivity index (χ0) is 24.3. The molecule has 176 valence electrons. The van der Waals surface area contributed by atoms with Crippen molar-refractivity contribution in [2.75, 3.05) is 0 Å². The lowest BCUT2D eigenvalue weighted by atomic mass is 10.0. The van der Waals surface area contributed by atoms with Gasteiger partial charge in [0.2, 0.25) is 23.6 Å². The van der Waals surface area contributed by atoms with Gasteiger partial charge in [-0.05, 0) is 25.7 Å². The second kappa shape index (κ2) is 13.2. The van der Waals surface area contributed by atoms with Crippen molar-refractivity contribution in [1.29, 1.82) is 0 Å². The molecule has 0 aliphatic rings. The van der Waals surface area contributed by atoms with Gasteiger partial charge in [-0.25, -0.2) is 4.79 Å². The highest BCUT2D eigenvalue weighted by Crippen LogP contribution is 2.04. The van der Waals surface area contributed by atoms with Crippen LogP contribution >= 0.6 is 0 Å². The summed E-state index contributed by atoms with van der Waals surface area (Å²) < 4.78 is 0. The lowest BCUT2D eigenvalue weighted by Crippen LogP contribution is -2.56. The molecule has 31 heavy (non-hydrogen) atoms. The topological polar surface area (TPSA) is 231 Å². The summed E-state index contributed by atoms with van der Waals surface area (Å²) in [6.07, 6.45) is -1.07. The fraction of sp³-hybridized carbons (Fsp3) is 0.667. The third-order valence-corrected chi connectivity index (χ3v) is 4.12. The summed E-state index contributed by atoms with van der Waals surface area (Å²) >= 11 is 0. The molecule has 0 radical (unpaired) electrons. The molecule has 0 saturated carbocycles. The summed E-state index contributed by atoms with van der Waals surface area (Å²) in [6, 6.07) is -5.07. The van der Waals surface area contributed by atoms with Crippen LogP contribution in [0, 0.1) is 5.92 Å². The van der Waals surface area contributed by atoms with Gasteiger partial charge in [0.05, 0.1) is 12.5 Å². The fourth-order valence-corrected chi connectivity index (χ4v) is 2.50. The summed E-state index contributed by atoms with van der Waals surface area (Å²) in [7, 11) is 0. The van der Waals surface area contributed by atoms with Crippen LogP contribution in [0.25, 0.3) is 0 Å². The molecule has 0 heterocycles. The first-order valence-electron chi connectivity index (χ1n) is 9.64. The molecule has 0 aliphatic heterocycles. The zero-order valence-corrected chi connectivity index (χ0v) is 17.7. The van der Waals surface area contributed by atoms with Gasteiger partial charge in [0.25, 0.3) is 0 Å². The molecule has 13 heteroatoms. The number of nitrogens with two attached hydrogens (primary N) is 2. The lowest BCUT2D eigenvalue weighted by Gasteiger charge is -2.23. The molecule has 0 saturated heterocycles. The highest BCUT2D eigenvalue weighted by Gasteiger charge is 2.30. The molecule has 9 N–H and O–H groups in total. The number of nitrogens with one attached hydrogen (secondary N) is 3. The molecule has 0 spiro atoms. The first-order valence-corrected chi connectivity index (χ1v) is 9.64. The van der Waals surface area contributed by atoms with Gasteiger partial charge < -0.3 is 37.6 Å². The number of hydrogen-bond donors (Lipinski definition) is 7. The maximum Gasteiger partial charge on any atom is 0.326 e. The number of rotatable bonds is 14. The number of carboxylic acids is 2. The third kappa shape index (κ3) is 11.5. The molecule has 4 unspecified atom stereocenters. The highest BCUT2D eigenvalue weighted by molar-refractivity contribution is 5.94. The Kier molecular flexibility index (Phi) is 11.8. The van der Waals surface area contributed by atoms with Crippen LogP contribution in [0.4, 0.5) is 0 Å². The van der Waals surface area contributed by atoms with Crippen molar-refractivity contribution in [3.05, 3.63) is 0 Å². The highest BCUT2D eigenvalue weighted by atomic mass is 16.4. The zero-order valence-electron chi connectivity index (χ0n) is 17.7. The van der Waals surface area contributed by atoms with Crippen molar-refractivity contribution in [2.24, 2.45) is 17.4 Å². The number of aliphatic carboxylic acids is 2. The van der Waals surface area contributed by atoms with Gasteiger partial charge in [0, 0.05) is 6.42 Å². The van der Waals surface area contributed by atoms with Crippen LogP contribution in [0.15, 0.2) is 0 Å². The van der Waals surface area contributed by atoms with Crippen LogP contribution in [-0.4, -0.2) is 69.9 Å². The van der Waals surface area contributed by atoms with E-state index in [4.69, 9.17) is 21.7 Å². The van der Waals surface area contributed by atoms with Gasteiger partial charge in [0.15, 0.2) is 0 Å². The Morgan fingerprint density at radius 2 is 1.39 bits per heavy atom. The number of amides is 4. The molecule has 4 amide bonds. The molecule has 0 aromatic carbocycles. The van der Waals surface area contributed by atoms with Crippen molar-refractivity contribution in [3.63, 3.8) is 0 Å². The van der Waals surface area contributed by atoms with Gasteiger partial charge in [0.1, 0.15) is 18.1 Å². The molecule has 0 aromatic rings. The summed E-state index contributed by atoms with van der Waals surface area (Å²) in [4.78, 5) is 69.9. The molecule has 0 fully saturated rings. The smallest absolute Gasteiger partial charge is 0.326 e. The van der Waals surface area contributed by atoms with Crippen molar-refractivity contribution in [2.45, 2.75) is 70.6 Å². The Balaban J connectivity index is 5.19. The number of carbonyl (C=O) groups is 6. The molecule has 0 aromatic heterocycles. The maximum atomic E-state index is 12.4. The lowest BCUT2D eigenvalue weighted by molar-refractivity contribution is -0.147. The third-order valence-electron chi connectivity index (χ3n) is 4.12. The van der Waals surface area contributed by atoms with Crippen LogP contribution in [0.1, 0.15) is 46.5 Å². The second-order valence-corrected chi connectivity index (χ2v) is 7.53. The molecule has 0 bridgehead atoms. The minimum absolute atomic E-state index is 0.153. The Labute approximate surface area is 179 Å². The monoisotopic (exact) mass is 445 g/mol. The van der Waals surface area contributed by atoms with E-state index in [1.807, 2.05) is 19.2 Å². The predicted molar refractivity (Wildman–Crippen MR) is 107 cm³/mol. The van der Waals surface area contributed by atoms with Crippen molar-refractivity contribution >= 4 is 35.6 Å². The normalized spacial score (nSPS) is 14.6. The quantitative estimate of drug-likeness (QED) is 0.151. The van der Waals surface area contributed by atoms with Gasteiger partial charge in [-0.15, -0.1) is 0 Å². The summed E-state index contributed by atoms with van der Waals surface area (Å²) in [6.45, 7) is 5.10. The second-order valence-electron chi connectivity index (χ2n) is 7.53. The van der Waals surface area contributed by atoms with E-state index in [2.05, 4.69) is 10.6 Å². The van der Waals surface area contributed by atoms with Crippen LogP contribution in [-0.2, 0) is 28.8 Å². The Hall–Kier alpha value is -3.22. The van der Waals surface area contributed by atoms with Gasteiger partial charge in [-0.1, -0.05) is 13.8 Å².